The van der Waals surface area contributed by atoms with Gasteiger partial charge in [0.2, 0.25) is 5.91 Å². The van der Waals surface area contributed by atoms with Crippen LogP contribution in [-0.2, 0) is 11.3 Å². The molecule has 0 unspecified atom stereocenters. The highest BCUT2D eigenvalue weighted by atomic mass is 16.5. The molecule has 1 N–H and O–H groups in total. The number of nitrogens with zero attached hydrogens (tertiary/aromatic N) is 2. The third-order valence-corrected chi connectivity index (χ3v) is 3.00. The van der Waals surface area contributed by atoms with Gasteiger partial charge in [0.1, 0.15) is 6.26 Å². The molecule has 1 aromatic heterocycles. The van der Waals surface area contributed by atoms with Crippen molar-refractivity contribution in [2.24, 2.45) is 0 Å². The van der Waals surface area contributed by atoms with Gasteiger partial charge in [0, 0.05) is 38.7 Å². The van der Waals surface area contributed by atoms with E-state index < -0.39 is 0 Å². The highest BCUT2D eigenvalue weighted by Crippen LogP contribution is 2.10. The molecule has 1 amide bonds. The minimum Gasteiger partial charge on any atom is -0.364 e. The number of hydrogen-bond acceptors (Lipinski definition) is 4. The fraction of sp³-hybridized carbons (Fsp3) is 0.636. The van der Waals surface area contributed by atoms with Crippen molar-refractivity contribution >= 4 is 5.91 Å². The molecule has 0 atom stereocenters. The van der Waals surface area contributed by atoms with E-state index in [1.54, 1.807) is 13.2 Å². The Morgan fingerprint density at radius 2 is 2.38 bits per heavy atom. The van der Waals surface area contributed by atoms with E-state index in [9.17, 15) is 4.79 Å². The van der Waals surface area contributed by atoms with Gasteiger partial charge in [0.05, 0.1) is 5.69 Å². The number of likely N-dealkylation sites (tertiary alicyclic amines) is 1. The van der Waals surface area contributed by atoms with Crippen LogP contribution in [0, 0.1) is 0 Å². The second kappa shape index (κ2) is 5.12. The average Bonchev–Trinajstić information content (AvgIpc) is 2.80. The van der Waals surface area contributed by atoms with Crippen molar-refractivity contribution in [3.63, 3.8) is 0 Å². The van der Waals surface area contributed by atoms with Crippen molar-refractivity contribution in [2.45, 2.75) is 32.4 Å². The fourth-order valence-electron chi connectivity index (χ4n) is 1.98. The number of amides is 1. The van der Waals surface area contributed by atoms with Crippen molar-refractivity contribution in [1.29, 1.82) is 0 Å². The predicted molar refractivity (Wildman–Crippen MR) is 58.6 cm³/mol. The van der Waals surface area contributed by atoms with Crippen LogP contribution in [0.15, 0.2) is 16.9 Å². The molecule has 2 heterocycles. The standard InChI is InChI=1S/C11H17N3O2/c1-9(15)14-5-2-10(3-6-14)12-8-11-4-7-16-13-11/h4,7,10,12H,2-3,5-6,8H2,1H3. The summed E-state index contributed by atoms with van der Waals surface area (Å²) >= 11 is 0. The van der Waals surface area contributed by atoms with Crippen LogP contribution in [0.5, 0.6) is 0 Å². The van der Waals surface area contributed by atoms with E-state index in [0.29, 0.717) is 6.04 Å². The predicted octanol–water partition coefficient (Wildman–Crippen LogP) is 0.775. The Hall–Kier alpha value is -1.36. The van der Waals surface area contributed by atoms with Crippen molar-refractivity contribution in [3.05, 3.63) is 18.0 Å². The maximum Gasteiger partial charge on any atom is 0.219 e. The summed E-state index contributed by atoms with van der Waals surface area (Å²) < 4.78 is 4.76. The van der Waals surface area contributed by atoms with Gasteiger partial charge < -0.3 is 14.7 Å². The summed E-state index contributed by atoms with van der Waals surface area (Å²) in [5.74, 6) is 0.176. The van der Waals surface area contributed by atoms with Crippen LogP contribution in [0.25, 0.3) is 0 Å². The van der Waals surface area contributed by atoms with Crippen molar-refractivity contribution < 1.29 is 9.32 Å². The monoisotopic (exact) mass is 223 g/mol. The van der Waals surface area contributed by atoms with Gasteiger partial charge in [0.25, 0.3) is 0 Å². The zero-order chi connectivity index (χ0) is 11.4. The fourth-order valence-corrected chi connectivity index (χ4v) is 1.98. The summed E-state index contributed by atoms with van der Waals surface area (Å²) in [6, 6.07) is 2.34. The van der Waals surface area contributed by atoms with Crippen LogP contribution in [0.4, 0.5) is 0 Å². The molecular weight excluding hydrogens is 206 g/mol. The molecule has 0 spiro atoms. The summed E-state index contributed by atoms with van der Waals surface area (Å²) in [5, 5.41) is 7.26. The lowest BCUT2D eigenvalue weighted by molar-refractivity contribution is -0.129. The Bertz CT molecular complexity index is 329. The number of piperidine rings is 1. The van der Waals surface area contributed by atoms with Crippen LogP contribution in [0.3, 0.4) is 0 Å². The Morgan fingerprint density at radius 1 is 1.62 bits per heavy atom. The molecule has 2 rings (SSSR count). The van der Waals surface area contributed by atoms with E-state index in [0.717, 1.165) is 38.2 Å². The van der Waals surface area contributed by atoms with E-state index in [1.165, 1.54) is 0 Å². The van der Waals surface area contributed by atoms with Gasteiger partial charge in [-0.25, -0.2) is 0 Å². The van der Waals surface area contributed by atoms with Crippen molar-refractivity contribution in [2.75, 3.05) is 13.1 Å². The van der Waals surface area contributed by atoms with Gasteiger partial charge in [-0.3, -0.25) is 4.79 Å². The number of hydrogen-bond donors (Lipinski definition) is 1. The number of carbonyl (C=O) groups excluding carboxylic acids is 1. The summed E-state index contributed by atoms with van der Waals surface area (Å²) in [4.78, 5) is 13.0. The first-order valence-electron chi connectivity index (χ1n) is 5.64. The molecule has 0 aliphatic carbocycles. The number of aromatic nitrogens is 1. The van der Waals surface area contributed by atoms with Crippen LogP contribution < -0.4 is 5.32 Å². The van der Waals surface area contributed by atoms with Gasteiger partial charge in [-0.2, -0.15) is 0 Å². The third kappa shape index (κ3) is 2.82. The summed E-state index contributed by atoms with van der Waals surface area (Å²) in [6.45, 7) is 4.07. The molecule has 1 saturated heterocycles. The third-order valence-electron chi connectivity index (χ3n) is 3.00. The normalized spacial score (nSPS) is 17.7. The molecule has 5 nitrogen and oxygen atoms in total. The molecular formula is C11H17N3O2. The van der Waals surface area contributed by atoms with E-state index in [4.69, 9.17) is 4.52 Å². The summed E-state index contributed by atoms with van der Waals surface area (Å²) in [7, 11) is 0. The molecule has 1 fully saturated rings. The highest BCUT2D eigenvalue weighted by Gasteiger charge is 2.20. The van der Waals surface area contributed by atoms with Crippen LogP contribution in [-0.4, -0.2) is 35.1 Å². The van der Waals surface area contributed by atoms with E-state index >= 15 is 0 Å². The average molecular weight is 223 g/mol. The maximum atomic E-state index is 11.1. The smallest absolute Gasteiger partial charge is 0.219 e. The zero-order valence-corrected chi connectivity index (χ0v) is 9.48. The number of nitrogens with one attached hydrogen (secondary N) is 1. The zero-order valence-electron chi connectivity index (χ0n) is 9.48. The molecule has 5 heteroatoms. The second-order valence-corrected chi connectivity index (χ2v) is 4.15. The molecule has 0 bridgehead atoms. The molecule has 1 aromatic rings. The largest absolute Gasteiger partial charge is 0.364 e. The van der Waals surface area contributed by atoms with Gasteiger partial charge >= 0.3 is 0 Å². The maximum absolute atomic E-state index is 11.1. The van der Waals surface area contributed by atoms with Gasteiger partial charge in [-0.05, 0) is 12.8 Å². The Morgan fingerprint density at radius 3 is 2.94 bits per heavy atom. The van der Waals surface area contributed by atoms with E-state index in [2.05, 4.69) is 10.5 Å². The molecule has 1 aliphatic heterocycles. The molecule has 0 aromatic carbocycles. The van der Waals surface area contributed by atoms with Crippen LogP contribution >= 0.6 is 0 Å². The SMILES string of the molecule is CC(=O)N1CCC(NCc2ccon2)CC1. The lowest BCUT2D eigenvalue weighted by atomic mass is 10.1. The first-order chi connectivity index (χ1) is 7.75. The number of rotatable bonds is 3. The molecule has 88 valence electrons. The Labute approximate surface area is 94.8 Å². The molecule has 16 heavy (non-hydrogen) atoms. The van der Waals surface area contributed by atoms with Gasteiger partial charge in [-0.1, -0.05) is 5.16 Å². The first-order valence-corrected chi connectivity index (χ1v) is 5.64. The van der Waals surface area contributed by atoms with Crippen LogP contribution in [0.1, 0.15) is 25.5 Å². The molecule has 0 radical (unpaired) electrons. The number of carbonyl (C=O) groups is 1. The summed E-state index contributed by atoms with van der Waals surface area (Å²) in [5.41, 5.74) is 0.925. The van der Waals surface area contributed by atoms with Crippen LogP contribution in [0.2, 0.25) is 0 Å². The lowest BCUT2D eigenvalue weighted by Crippen LogP contribution is -2.43. The minimum atomic E-state index is 0.176. The topological polar surface area (TPSA) is 58.4 Å². The lowest BCUT2D eigenvalue weighted by Gasteiger charge is -2.31. The Balaban J connectivity index is 1.71. The quantitative estimate of drug-likeness (QED) is 0.822. The first kappa shape index (κ1) is 11.1. The summed E-state index contributed by atoms with van der Waals surface area (Å²) in [6.07, 6.45) is 3.60. The molecule has 1 aliphatic rings. The second-order valence-electron chi connectivity index (χ2n) is 4.15. The van der Waals surface area contributed by atoms with Crippen molar-refractivity contribution in [3.8, 4) is 0 Å². The Kier molecular flexibility index (Phi) is 3.56. The van der Waals surface area contributed by atoms with E-state index in [1.807, 2.05) is 11.0 Å². The minimum absolute atomic E-state index is 0.176. The molecule has 0 saturated carbocycles. The van der Waals surface area contributed by atoms with E-state index in [-0.39, 0.29) is 5.91 Å². The van der Waals surface area contributed by atoms with Crippen molar-refractivity contribution in [1.82, 2.24) is 15.4 Å². The van der Waals surface area contributed by atoms with Gasteiger partial charge in [0.15, 0.2) is 0 Å². The van der Waals surface area contributed by atoms with Gasteiger partial charge in [-0.15, -0.1) is 0 Å². The highest BCUT2D eigenvalue weighted by molar-refractivity contribution is 5.73.